The number of ether oxygens (including phenoxy) is 2. The lowest BCUT2D eigenvalue weighted by atomic mass is 10.1. The fraction of sp³-hybridized carbons (Fsp3) is 0.208. The number of carbonyl (C=O) groups is 2. The van der Waals surface area contributed by atoms with E-state index in [0.29, 0.717) is 34.7 Å². The highest BCUT2D eigenvalue weighted by Crippen LogP contribution is 2.29. The van der Waals surface area contributed by atoms with Crippen molar-refractivity contribution in [3.63, 3.8) is 0 Å². The summed E-state index contributed by atoms with van der Waals surface area (Å²) in [6, 6.07) is 14.1. The molecule has 0 saturated carbocycles. The van der Waals surface area contributed by atoms with Gasteiger partial charge in [0.25, 0.3) is 5.91 Å². The Morgan fingerprint density at radius 2 is 1.81 bits per heavy atom. The van der Waals surface area contributed by atoms with E-state index < -0.39 is 5.97 Å². The quantitative estimate of drug-likeness (QED) is 0.593. The Morgan fingerprint density at radius 1 is 1.03 bits per heavy atom. The Kier molecular flexibility index (Phi) is 6.87. The number of carboxylic acid groups (broad SMARTS) is 1. The van der Waals surface area contributed by atoms with E-state index in [1.54, 1.807) is 56.6 Å². The fourth-order valence-corrected chi connectivity index (χ4v) is 2.92. The number of hydrogen-bond acceptors (Lipinski definition) is 5. The van der Waals surface area contributed by atoms with Gasteiger partial charge in [-0.25, -0.2) is 9.78 Å². The molecule has 1 aromatic heterocycles. The Morgan fingerprint density at radius 3 is 2.52 bits per heavy atom. The molecule has 1 heterocycles. The molecule has 7 nitrogen and oxygen atoms in total. The van der Waals surface area contributed by atoms with Gasteiger partial charge in [-0.1, -0.05) is 30.3 Å². The van der Waals surface area contributed by atoms with Gasteiger partial charge in [0.15, 0.2) is 18.1 Å². The number of nitrogens with zero attached hydrogens (tertiary/aromatic N) is 2. The number of aromatic carboxylic acids is 1. The molecule has 1 amide bonds. The third kappa shape index (κ3) is 5.39. The first-order valence-electron chi connectivity index (χ1n) is 9.80. The molecule has 7 heteroatoms. The van der Waals surface area contributed by atoms with Crippen molar-refractivity contribution in [2.24, 2.45) is 0 Å². The standard InChI is InChI=1S/C24H24N2O5/c1-4-30-22-13-16(10-12-21(22)31-15-23(27)26(2)3)9-11-17-14-19(24(28)29)18-7-5-6-8-20(18)25-17/h5-14H,4,15H2,1-3H3,(H,28,29). The first kappa shape index (κ1) is 21.8. The zero-order chi connectivity index (χ0) is 22.4. The number of rotatable bonds is 8. The normalized spacial score (nSPS) is 10.9. The summed E-state index contributed by atoms with van der Waals surface area (Å²) in [5, 5.41) is 10.1. The van der Waals surface area contributed by atoms with Gasteiger partial charge in [-0.2, -0.15) is 0 Å². The lowest BCUT2D eigenvalue weighted by molar-refractivity contribution is -0.130. The van der Waals surface area contributed by atoms with Crippen LogP contribution >= 0.6 is 0 Å². The molecule has 0 atom stereocenters. The van der Waals surface area contributed by atoms with Crippen LogP contribution < -0.4 is 9.47 Å². The van der Waals surface area contributed by atoms with Crippen molar-refractivity contribution in [2.75, 3.05) is 27.3 Å². The summed E-state index contributed by atoms with van der Waals surface area (Å²) in [5.74, 6) is -0.149. The van der Waals surface area contributed by atoms with E-state index in [0.717, 1.165) is 5.56 Å². The van der Waals surface area contributed by atoms with Crippen molar-refractivity contribution < 1.29 is 24.2 Å². The summed E-state index contributed by atoms with van der Waals surface area (Å²) >= 11 is 0. The number of amides is 1. The molecule has 0 aliphatic rings. The maximum Gasteiger partial charge on any atom is 0.336 e. The predicted molar refractivity (Wildman–Crippen MR) is 119 cm³/mol. The number of para-hydroxylation sites is 1. The number of carbonyl (C=O) groups excluding carboxylic acids is 1. The van der Waals surface area contributed by atoms with Gasteiger partial charge in [-0.15, -0.1) is 0 Å². The summed E-state index contributed by atoms with van der Waals surface area (Å²) in [6.45, 7) is 2.23. The minimum Gasteiger partial charge on any atom is -0.490 e. The molecule has 0 aliphatic carbocycles. The number of benzene rings is 2. The number of pyridine rings is 1. The molecule has 0 fully saturated rings. The molecule has 1 N–H and O–H groups in total. The fourth-order valence-electron chi connectivity index (χ4n) is 2.92. The summed E-state index contributed by atoms with van der Waals surface area (Å²) < 4.78 is 11.3. The van der Waals surface area contributed by atoms with Gasteiger partial charge in [-0.3, -0.25) is 4.79 Å². The molecule has 2 aromatic carbocycles. The minimum atomic E-state index is -0.999. The van der Waals surface area contributed by atoms with Gasteiger partial charge in [0, 0.05) is 19.5 Å². The van der Waals surface area contributed by atoms with Crippen LogP contribution in [0.3, 0.4) is 0 Å². The first-order chi connectivity index (χ1) is 14.9. The molecule has 0 aliphatic heterocycles. The average molecular weight is 420 g/mol. The zero-order valence-corrected chi connectivity index (χ0v) is 17.7. The second kappa shape index (κ2) is 9.75. The molecule has 0 saturated heterocycles. The third-order valence-electron chi connectivity index (χ3n) is 4.53. The van der Waals surface area contributed by atoms with Gasteiger partial charge < -0.3 is 19.5 Å². The maximum absolute atomic E-state index is 11.8. The minimum absolute atomic E-state index is 0.0821. The molecule has 0 spiro atoms. The molecular weight excluding hydrogens is 396 g/mol. The van der Waals surface area contributed by atoms with Crippen LogP contribution in [-0.2, 0) is 4.79 Å². The third-order valence-corrected chi connectivity index (χ3v) is 4.53. The highest BCUT2D eigenvalue weighted by Gasteiger charge is 2.12. The van der Waals surface area contributed by atoms with Crippen molar-refractivity contribution in [1.82, 2.24) is 9.88 Å². The number of aromatic nitrogens is 1. The van der Waals surface area contributed by atoms with E-state index in [1.807, 2.05) is 25.1 Å². The second-order valence-electron chi connectivity index (χ2n) is 6.97. The highest BCUT2D eigenvalue weighted by atomic mass is 16.5. The van der Waals surface area contributed by atoms with Gasteiger partial charge >= 0.3 is 5.97 Å². The second-order valence-corrected chi connectivity index (χ2v) is 6.97. The van der Waals surface area contributed by atoms with Crippen molar-refractivity contribution in [1.29, 1.82) is 0 Å². The van der Waals surface area contributed by atoms with Gasteiger partial charge in [-0.05, 0) is 42.8 Å². The van der Waals surface area contributed by atoms with E-state index in [9.17, 15) is 14.7 Å². The molecule has 3 aromatic rings. The van der Waals surface area contributed by atoms with Crippen molar-refractivity contribution in [3.05, 3.63) is 65.4 Å². The van der Waals surface area contributed by atoms with E-state index in [4.69, 9.17) is 9.47 Å². The Hall–Kier alpha value is -3.87. The summed E-state index contributed by atoms with van der Waals surface area (Å²) in [7, 11) is 3.33. The molecule has 160 valence electrons. The Balaban J connectivity index is 1.87. The number of carboxylic acids is 1. The lowest BCUT2D eigenvalue weighted by Crippen LogP contribution is -2.27. The average Bonchev–Trinajstić information content (AvgIpc) is 2.76. The molecule has 3 rings (SSSR count). The summed E-state index contributed by atoms with van der Waals surface area (Å²) in [5.41, 5.74) is 2.17. The van der Waals surface area contributed by atoms with E-state index in [2.05, 4.69) is 4.98 Å². The van der Waals surface area contributed by atoms with Crippen LogP contribution in [-0.4, -0.2) is 54.2 Å². The number of likely N-dealkylation sites (N-methyl/N-ethyl adjacent to an activating group) is 1. The van der Waals surface area contributed by atoms with Crippen molar-refractivity contribution in [2.45, 2.75) is 6.92 Å². The first-order valence-corrected chi connectivity index (χ1v) is 9.80. The molecule has 0 bridgehead atoms. The number of fused-ring (bicyclic) bond motifs is 1. The molecule has 31 heavy (non-hydrogen) atoms. The van der Waals surface area contributed by atoms with Gasteiger partial charge in [0.2, 0.25) is 0 Å². The van der Waals surface area contributed by atoms with E-state index in [-0.39, 0.29) is 18.1 Å². The summed E-state index contributed by atoms with van der Waals surface area (Å²) in [4.78, 5) is 29.4. The highest BCUT2D eigenvalue weighted by molar-refractivity contribution is 6.03. The topological polar surface area (TPSA) is 89.0 Å². The van der Waals surface area contributed by atoms with Crippen molar-refractivity contribution in [3.8, 4) is 11.5 Å². The van der Waals surface area contributed by atoms with Crippen LogP contribution in [0, 0.1) is 0 Å². The van der Waals surface area contributed by atoms with Crippen LogP contribution in [0.25, 0.3) is 23.1 Å². The van der Waals surface area contributed by atoms with Crippen LogP contribution in [0.2, 0.25) is 0 Å². The SMILES string of the molecule is CCOc1cc(C=Cc2cc(C(=O)O)c3ccccc3n2)ccc1OCC(=O)N(C)C. The molecular formula is C24H24N2O5. The predicted octanol–water partition coefficient (Wildman–Crippen LogP) is 3.97. The molecule has 0 unspecified atom stereocenters. The van der Waals surface area contributed by atoms with Gasteiger partial charge in [0.05, 0.1) is 23.4 Å². The molecule has 0 radical (unpaired) electrons. The lowest BCUT2D eigenvalue weighted by Gasteiger charge is -2.14. The van der Waals surface area contributed by atoms with Crippen LogP contribution in [0.4, 0.5) is 0 Å². The van der Waals surface area contributed by atoms with Crippen molar-refractivity contribution >= 4 is 34.9 Å². The monoisotopic (exact) mass is 420 g/mol. The van der Waals surface area contributed by atoms with Crippen LogP contribution in [0.1, 0.15) is 28.5 Å². The Bertz CT molecular complexity index is 1140. The smallest absolute Gasteiger partial charge is 0.336 e. The zero-order valence-electron chi connectivity index (χ0n) is 17.7. The van der Waals surface area contributed by atoms with Gasteiger partial charge in [0.1, 0.15) is 0 Å². The number of hydrogen-bond donors (Lipinski definition) is 1. The van der Waals surface area contributed by atoms with Crippen LogP contribution in [0.15, 0.2) is 48.5 Å². The Labute approximate surface area is 180 Å². The summed E-state index contributed by atoms with van der Waals surface area (Å²) in [6.07, 6.45) is 3.57. The van der Waals surface area contributed by atoms with E-state index in [1.165, 1.54) is 4.90 Å². The largest absolute Gasteiger partial charge is 0.490 e. The maximum atomic E-state index is 11.8. The van der Waals surface area contributed by atoms with Crippen LogP contribution in [0.5, 0.6) is 11.5 Å². The van der Waals surface area contributed by atoms with E-state index >= 15 is 0 Å².